The quantitative estimate of drug-likeness (QED) is 0.915. The Morgan fingerprint density at radius 3 is 2.50 bits per heavy atom. The topological polar surface area (TPSA) is 15.3 Å². The zero-order chi connectivity index (χ0) is 13.9. The average Bonchev–Trinajstić information content (AvgIpc) is 2.87. The fourth-order valence-electron chi connectivity index (χ4n) is 3.32. The molecule has 2 aromatic rings. The van der Waals surface area contributed by atoms with Crippen LogP contribution in [0.1, 0.15) is 22.7 Å². The summed E-state index contributed by atoms with van der Waals surface area (Å²) in [6, 6.07) is 20.5. The molecule has 1 aliphatic rings. The third-order valence-electron chi connectivity index (χ3n) is 4.36. The molecule has 0 radical (unpaired) electrons. The van der Waals surface area contributed by atoms with Gasteiger partial charge in [0.05, 0.1) is 0 Å². The smallest absolute Gasteiger partial charge is 0.0481 e. The molecule has 0 bridgehead atoms. The van der Waals surface area contributed by atoms with Gasteiger partial charge in [0.15, 0.2) is 0 Å². The van der Waals surface area contributed by atoms with Crippen molar-refractivity contribution in [2.75, 3.05) is 14.1 Å². The van der Waals surface area contributed by atoms with E-state index in [4.69, 9.17) is 0 Å². The Morgan fingerprint density at radius 1 is 1.05 bits per heavy atom. The average molecular weight is 266 g/mol. The zero-order valence-corrected chi connectivity index (χ0v) is 12.2. The van der Waals surface area contributed by atoms with E-state index in [1.807, 2.05) is 0 Å². The summed E-state index contributed by atoms with van der Waals surface area (Å²) in [4.78, 5) is 2.47. The lowest BCUT2D eigenvalue weighted by atomic mass is 10.1. The molecule has 2 heteroatoms. The van der Waals surface area contributed by atoms with E-state index in [-0.39, 0.29) is 0 Å². The first-order chi connectivity index (χ1) is 9.79. The van der Waals surface area contributed by atoms with Crippen molar-refractivity contribution in [1.82, 2.24) is 10.2 Å². The fraction of sp³-hybridized carbons (Fsp3) is 0.333. The highest BCUT2D eigenvalue weighted by Gasteiger charge is 2.33. The number of likely N-dealkylation sites (N-methyl/N-ethyl adjacent to an activating group) is 2. The highest BCUT2D eigenvalue weighted by molar-refractivity contribution is 5.37. The van der Waals surface area contributed by atoms with E-state index in [1.54, 1.807) is 0 Å². The van der Waals surface area contributed by atoms with Gasteiger partial charge >= 0.3 is 0 Å². The molecule has 1 aliphatic carbocycles. The van der Waals surface area contributed by atoms with E-state index in [1.165, 1.54) is 16.7 Å². The van der Waals surface area contributed by atoms with E-state index in [9.17, 15) is 0 Å². The number of hydrogen-bond acceptors (Lipinski definition) is 2. The summed E-state index contributed by atoms with van der Waals surface area (Å²) in [7, 11) is 4.30. The van der Waals surface area contributed by atoms with Crippen molar-refractivity contribution >= 4 is 0 Å². The number of benzene rings is 2. The summed E-state index contributed by atoms with van der Waals surface area (Å²) in [6.45, 7) is 0.998. The maximum absolute atomic E-state index is 3.50. The van der Waals surface area contributed by atoms with Crippen molar-refractivity contribution in [1.29, 1.82) is 0 Å². The van der Waals surface area contributed by atoms with Gasteiger partial charge in [-0.15, -0.1) is 0 Å². The Balaban J connectivity index is 1.78. The van der Waals surface area contributed by atoms with Crippen molar-refractivity contribution in [2.24, 2.45) is 0 Å². The van der Waals surface area contributed by atoms with Gasteiger partial charge in [0.1, 0.15) is 0 Å². The number of nitrogens with zero attached hydrogens (tertiary/aromatic N) is 1. The number of rotatable bonds is 4. The van der Waals surface area contributed by atoms with E-state index in [0.717, 1.165) is 13.0 Å². The minimum Gasteiger partial charge on any atom is -0.312 e. The predicted molar refractivity (Wildman–Crippen MR) is 83.6 cm³/mol. The normalized spacial score (nSPS) is 21.1. The molecule has 20 heavy (non-hydrogen) atoms. The van der Waals surface area contributed by atoms with E-state index in [0.29, 0.717) is 12.1 Å². The Morgan fingerprint density at radius 2 is 1.75 bits per heavy atom. The lowest BCUT2D eigenvalue weighted by Crippen LogP contribution is -2.39. The fourth-order valence-corrected chi connectivity index (χ4v) is 3.32. The molecule has 0 fully saturated rings. The maximum atomic E-state index is 3.50. The third kappa shape index (κ3) is 2.49. The van der Waals surface area contributed by atoms with Crippen LogP contribution < -0.4 is 5.32 Å². The molecule has 2 nitrogen and oxygen atoms in total. The van der Waals surface area contributed by atoms with Gasteiger partial charge < -0.3 is 5.32 Å². The summed E-state index contributed by atoms with van der Waals surface area (Å²) < 4.78 is 0. The summed E-state index contributed by atoms with van der Waals surface area (Å²) in [5.74, 6) is 0. The molecule has 2 aromatic carbocycles. The van der Waals surface area contributed by atoms with Crippen LogP contribution in [0.15, 0.2) is 54.6 Å². The largest absolute Gasteiger partial charge is 0.312 e. The van der Waals surface area contributed by atoms with Crippen molar-refractivity contribution in [3.63, 3.8) is 0 Å². The molecule has 0 amide bonds. The molecule has 0 aromatic heterocycles. The third-order valence-corrected chi connectivity index (χ3v) is 4.36. The van der Waals surface area contributed by atoms with Crippen LogP contribution in [0.4, 0.5) is 0 Å². The van der Waals surface area contributed by atoms with E-state index < -0.39 is 0 Å². The zero-order valence-electron chi connectivity index (χ0n) is 12.2. The van der Waals surface area contributed by atoms with Crippen LogP contribution in [0.25, 0.3) is 0 Å². The molecule has 0 spiro atoms. The molecule has 0 aliphatic heterocycles. The first kappa shape index (κ1) is 13.3. The van der Waals surface area contributed by atoms with Crippen molar-refractivity contribution in [3.05, 3.63) is 71.3 Å². The van der Waals surface area contributed by atoms with Crippen molar-refractivity contribution in [2.45, 2.75) is 25.0 Å². The lowest BCUT2D eigenvalue weighted by molar-refractivity contribution is 0.201. The standard InChI is InChI=1S/C18H22N2/c1-19-18-16-11-7-6-10-15(16)12-17(18)20(2)13-14-8-4-3-5-9-14/h3-11,17-19H,12-13H2,1-2H3. The molecule has 104 valence electrons. The molecule has 0 saturated carbocycles. The van der Waals surface area contributed by atoms with Gasteiger partial charge in [0, 0.05) is 18.6 Å². The number of hydrogen-bond donors (Lipinski definition) is 1. The van der Waals surface area contributed by atoms with Crippen LogP contribution in [0.3, 0.4) is 0 Å². The number of fused-ring (bicyclic) bond motifs is 1. The second-order valence-corrected chi connectivity index (χ2v) is 5.64. The van der Waals surface area contributed by atoms with Crippen LogP contribution in [0, 0.1) is 0 Å². The SMILES string of the molecule is CNC1c2ccccc2CC1N(C)Cc1ccccc1. The molecular formula is C18H22N2. The Kier molecular flexibility index (Phi) is 3.86. The maximum Gasteiger partial charge on any atom is 0.0481 e. The summed E-state index contributed by atoms with van der Waals surface area (Å²) >= 11 is 0. The molecular weight excluding hydrogens is 244 g/mol. The first-order valence-electron chi connectivity index (χ1n) is 7.29. The highest BCUT2D eigenvalue weighted by atomic mass is 15.2. The highest BCUT2D eigenvalue weighted by Crippen LogP contribution is 2.34. The van der Waals surface area contributed by atoms with Crippen LogP contribution in [-0.4, -0.2) is 25.0 Å². The minimum absolute atomic E-state index is 0.430. The van der Waals surface area contributed by atoms with Crippen LogP contribution in [0.2, 0.25) is 0 Å². The minimum atomic E-state index is 0.430. The van der Waals surface area contributed by atoms with Crippen LogP contribution >= 0.6 is 0 Å². The van der Waals surface area contributed by atoms with Gasteiger partial charge in [0.2, 0.25) is 0 Å². The predicted octanol–water partition coefficient (Wildman–Crippen LogP) is 3.00. The van der Waals surface area contributed by atoms with Gasteiger partial charge in [-0.05, 0) is 37.2 Å². The Labute approximate surface area is 121 Å². The molecule has 0 heterocycles. The first-order valence-corrected chi connectivity index (χ1v) is 7.29. The van der Waals surface area contributed by atoms with E-state index >= 15 is 0 Å². The van der Waals surface area contributed by atoms with E-state index in [2.05, 4.69) is 78.9 Å². The Hall–Kier alpha value is -1.64. The van der Waals surface area contributed by atoms with Crippen molar-refractivity contribution < 1.29 is 0 Å². The van der Waals surface area contributed by atoms with Gasteiger partial charge in [-0.1, -0.05) is 54.6 Å². The monoisotopic (exact) mass is 266 g/mol. The molecule has 2 unspecified atom stereocenters. The van der Waals surface area contributed by atoms with Crippen LogP contribution in [-0.2, 0) is 13.0 Å². The summed E-state index contributed by atoms with van der Waals surface area (Å²) in [5, 5.41) is 3.50. The van der Waals surface area contributed by atoms with Crippen molar-refractivity contribution in [3.8, 4) is 0 Å². The summed E-state index contributed by atoms with van der Waals surface area (Å²) in [6.07, 6.45) is 1.13. The molecule has 0 saturated heterocycles. The lowest BCUT2D eigenvalue weighted by Gasteiger charge is -2.30. The molecule has 1 N–H and O–H groups in total. The Bertz CT molecular complexity index is 565. The van der Waals surface area contributed by atoms with Gasteiger partial charge in [-0.2, -0.15) is 0 Å². The second-order valence-electron chi connectivity index (χ2n) is 5.64. The summed E-state index contributed by atoms with van der Waals surface area (Å²) in [5.41, 5.74) is 4.32. The number of nitrogens with one attached hydrogen (secondary N) is 1. The van der Waals surface area contributed by atoms with Crippen LogP contribution in [0.5, 0.6) is 0 Å². The second kappa shape index (κ2) is 5.78. The molecule has 3 rings (SSSR count). The van der Waals surface area contributed by atoms with Gasteiger partial charge in [-0.25, -0.2) is 0 Å². The molecule has 2 atom stereocenters. The van der Waals surface area contributed by atoms with Gasteiger partial charge in [0.25, 0.3) is 0 Å². The van der Waals surface area contributed by atoms with Gasteiger partial charge in [-0.3, -0.25) is 4.90 Å².